The van der Waals surface area contributed by atoms with E-state index in [-0.39, 0.29) is 5.69 Å². The SMILES string of the molecule is CC1=C(C(=O)Nc2ccc(F)c(F)c2)[C@H](c2cccc3ccccc23)NC(=S)N1. The standard InChI is InChI=1S/C22H17F2N3OS/c1-12-19(21(28)26-14-9-10-17(23)18(24)11-14)20(27-22(29)25-12)16-8-4-6-13-5-2-3-7-15(13)16/h2-11,20H,1H3,(H,26,28)(H2,25,27,29)/t20-/m0/s1. The topological polar surface area (TPSA) is 53.2 Å². The monoisotopic (exact) mass is 409 g/mol. The normalized spacial score (nSPS) is 16.4. The Balaban J connectivity index is 1.76. The van der Waals surface area contributed by atoms with E-state index >= 15 is 0 Å². The predicted molar refractivity (Wildman–Crippen MR) is 113 cm³/mol. The van der Waals surface area contributed by atoms with E-state index in [1.807, 2.05) is 42.5 Å². The average molecular weight is 409 g/mol. The molecular weight excluding hydrogens is 392 g/mol. The maximum absolute atomic E-state index is 13.5. The summed E-state index contributed by atoms with van der Waals surface area (Å²) in [7, 11) is 0. The van der Waals surface area contributed by atoms with Crippen LogP contribution in [0.15, 0.2) is 71.9 Å². The number of fused-ring (bicyclic) bond motifs is 1. The summed E-state index contributed by atoms with van der Waals surface area (Å²) < 4.78 is 26.7. The van der Waals surface area contributed by atoms with Crippen molar-refractivity contribution in [2.45, 2.75) is 13.0 Å². The highest BCUT2D eigenvalue weighted by Crippen LogP contribution is 2.32. The van der Waals surface area contributed by atoms with Gasteiger partial charge in [-0.15, -0.1) is 0 Å². The van der Waals surface area contributed by atoms with Crippen molar-refractivity contribution >= 4 is 39.7 Å². The number of allylic oxidation sites excluding steroid dienone is 1. The lowest BCUT2D eigenvalue weighted by molar-refractivity contribution is -0.113. The summed E-state index contributed by atoms with van der Waals surface area (Å²) in [6.07, 6.45) is 0. The van der Waals surface area contributed by atoms with Crippen LogP contribution in [0.1, 0.15) is 18.5 Å². The number of carbonyl (C=O) groups is 1. The lowest BCUT2D eigenvalue weighted by Crippen LogP contribution is -2.45. The van der Waals surface area contributed by atoms with Crippen molar-refractivity contribution in [3.05, 3.63) is 89.1 Å². The van der Waals surface area contributed by atoms with E-state index in [1.165, 1.54) is 6.07 Å². The number of carbonyl (C=O) groups excluding carboxylic acids is 1. The first-order valence-electron chi connectivity index (χ1n) is 8.96. The van der Waals surface area contributed by atoms with Gasteiger partial charge in [-0.05, 0) is 47.6 Å². The Kier molecular flexibility index (Phi) is 4.98. The van der Waals surface area contributed by atoms with Crippen molar-refractivity contribution in [1.82, 2.24) is 10.6 Å². The molecule has 0 fully saturated rings. The number of anilines is 1. The molecule has 0 spiro atoms. The van der Waals surface area contributed by atoms with E-state index in [0.717, 1.165) is 28.5 Å². The van der Waals surface area contributed by atoms with Crippen LogP contribution in [0.4, 0.5) is 14.5 Å². The van der Waals surface area contributed by atoms with Crippen LogP contribution in [0.2, 0.25) is 0 Å². The van der Waals surface area contributed by atoms with Crippen molar-refractivity contribution in [2.24, 2.45) is 0 Å². The molecule has 1 atom stereocenters. The van der Waals surface area contributed by atoms with Crippen molar-refractivity contribution in [3.63, 3.8) is 0 Å². The lowest BCUT2D eigenvalue weighted by atomic mass is 9.91. The van der Waals surface area contributed by atoms with Gasteiger partial charge in [0.2, 0.25) is 0 Å². The van der Waals surface area contributed by atoms with Gasteiger partial charge in [0.05, 0.1) is 11.6 Å². The number of benzene rings is 3. The first kappa shape index (κ1) is 19.0. The van der Waals surface area contributed by atoms with Gasteiger partial charge in [-0.1, -0.05) is 42.5 Å². The van der Waals surface area contributed by atoms with Gasteiger partial charge in [0.25, 0.3) is 5.91 Å². The molecule has 0 aromatic heterocycles. The average Bonchev–Trinajstić information content (AvgIpc) is 2.69. The lowest BCUT2D eigenvalue weighted by Gasteiger charge is -2.31. The third kappa shape index (κ3) is 3.69. The van der Waals surface area contributed by atoms with Crippen LogP contribution in [-0.2, 0) is 4.79 Å². The Morgan fingerprint density at radius 1 is 1.03 bits per heavy atom. The Bertz CT molecular complexity index is 1170. The summed E-state index contributed by atoms with van der Waals surface area (Å²) in [6, 6.07) is 16.5. The Labute approximate surface area is 171 Å². The first-order chi connectivity index (χ1) is 13.9. The molecule has 3 N–H and O–H groups in total. The molecule has 3 aromatic rings. The molecule has 4 nitrogen and oxygen atoms in total. The maximum Gasteiger partial charge on any atom is 0.255 e. The maximum atomic E-state index is 13.5. The molecule has 1 aliphatic heterocycles. The fraction of sp³-hybridized carbons (Fsp3) is 0.0909. The number of halogens is 2. The van der Waals surface area contributed by atoms with Crippen LogP contribution in [0.5, 0.6) is 0 Å². The minimum absolute atomic E-state index is 0.166. The summed E-state index contributed by atoms with van der Waals surface area (Å²) >= 11 is 5.30. The van der Waals surface area contributed by atoms with Crippen molar-refractivity contribution < 1.29 is 13.6 Å². The Morgan fingerprint density at radius 2 is 1.79 bits per heavy atom. The van der Waals surface area contributed by atoms with E-state index in [4.69, 9.17) is 12.2 Å². The van der Waals surface area contributed by atoms with Crippen molar-refractivity contribution in [3.8, 4) is 0 Å². The molecule has 3 aromatic carbocycles. The smallest absolute Gasteiger partial charge is 0.255 e. The molecule has 7 heteroatoms. The first-order valence-corrected chi connectivity index (χ1v) is 9.37. The number of nitrogens with one attached hydrogen (secondary N) is 3. The number of thiocarbonyl (C=S) groups is 1. The van der Waals surface area contributed by atoms with Crippen molar-refractivity contribution in [2.75, 3.05) is 5.32 Å². The van der Waals surface area contributed by atoms with E-state index in [9.17, 15) is 13.6 Å². The highest BCUT2D eigenvalue weighted by molar-refractivity contribution is 7.80. The summed E-state index contributed by atoms with van der Waals surface area (Å²) in [6.45, 7) is 1.76. The summed E-state index contributed by atoms with van der Waals surface area (Å²) in [5.41, 5.74) is 2.06. The van der Waals surface area contributed by atoms with Crippen LogP contribution in [0, 0.1) is 11.6 Å². The second kappa shape index (κ2) is 7.60. The number of hydrogen-bond donors (Lipinski definition) is 3. The van der Waals surface area contributed by atoms with Gasteiger partial charge in [-0.25, -0.2) is 8.78 Å². The minimum Gasteiger partial charge on any atom is -0.351 e. The number of rotatable bonds is 3. The van der Waals surface area contributed by atoms with Gasteiger partial charge >= 0.3 is 0 Å². The van der Waals surface area contributed by atoms with Crippen LogP contribution < -0.4 is 16.0 Å². The summed E-state index contributed by atoms with van der Waals surface area (Å²) in [5, 5.41) is 11.2. The quantitative estimate of drug-likeness (QED) is 0.556. The molecule has 0 bridgehead atoms. The number of hydrogen-bond acceptors (Lipinski definition) is 2. The predicted octanol–water partition coefficient (Wildman–Crippen LogP) is 4.55. The molecule has 1 amide bonds. The van der Waals surface area contributed by atoms with Crippen LogP contribution >= 0.6 is 12.2 Å². The molecular formula is C22H17F2N3OS. The third-order valence-corrected chi connectivity index (χ3v) is 5.05. The van der Waals surface area contributed by atoms with Gasteiger partial charge in [0, 0.05) is 17.5 Å². The van der Waals surface area contributed by atoms with E-state index in [1.54, 1.807) is 6.92 Å². The second-order valence-electron chi connectivity index (χ2n) is 6.72. The minimum atomic E-state index is -1.03. The second-order valence-corrected chi connectivity index (χ2v) is 7.13. The van der Waals surface area contributed by atoms with Gasteiger partial charge in [-0.2, -0.15) is 0 Å². The van der Waals surface area contributed by atoms with E-state index < -0.39 is 23.6 Å². The Hall–Kier alpha value is -3.32. The molecule has 1 heterocycles. The van der Waals surface area contributed by atoms with Crippen molar-refractivity contribution in [1.29, 1.82) is 0 Å². The van der Waals surface area contributed by atoms with Gasteiger partial charge in [0.15, 0.2) is 16.7 Å². The molecule has 0 radical (unpaired) electrons. The van der Waals surface area contributed by atoms with Gasteiger partial charge < -0.3 is 16.0 Å². The molecule has 0 unspecified atom stereocenters. The summed E-state index contributed by atoms with van der Waals surface area (Å²) in [5.74, 6) is -2.44. The van der Waals surface area contributed by atoms with Gasteiger partial charge in [0.1, 0.15) is 0 Å². The Morgan fingerprint density at radius 3 is 2.59 bits per heavy atom. The fourth-order valence-electron chi connectivity index (χ4n) is 3.50. The van der Waals surface area contributed by atoms with E-state index in [2.05, 4.69) is 16.0 Å². The molecule has 146 valence electrons. The molecule has 29 heavy (non-hydrogen) atoms. The van der Waals surface area contributed by atoms with E-state index in [0.29, 0.717) is 16.4 Å². The highest BCUT2D eigenvalue weighted by atomic mass is 32.1. The molecule has 0 saturated carbocycles. The fourth-order valence-corrected chi connectivity index (χ4v) is 3.77. The van der Waals surface area contributed by atoms with Crippen LogP contribution in [0.25, 0.3) is 10.8 Å². The van der Waals surface area contributed by atoms with Crippen LogP contribution in [-0.4, -0.2) is 11.0 Å². The molecule has 0 saturated heterocycles. The molecule has 0 aliphatic carbocycles. The molecule has 4 rings (SSSR count). The zero-order valence-electron chi connectivity index (χ0n) is 15.4. The zero-order valence-corrected chi connectivity index (χ0v) is 16.2. The third-order valence-electron chi connectivity index (χ3n) is 4.83. The molecule has 1 aliphatic rings. The van der Waals surface area contributed by atoms with Gasteiger partial charge in [-0.3, -0.25) is 4.79 Å². The largest absolute Gasteiger partial charge is 0.351 e. The number of amides is 1. The van der Waals surface area contributed by atoms with Crippen LogP contribution in [0.3, 0.4) is 0 Å². The highest BCUT2D eigenvalue weighted by Gasteiger charge is 2.31. The zero-order chi connectivity index (χ0) is 20.5. The summed E-state index contributed by atoms with van der Waals surface area (Å²) in [4.78, 5) is 13.1.